The number of rotatable bonds is 3. The summed E-state index contributed by atoms with van der Waals surface area (Å²) in [5, 5.41) is 10.4. The van der Waals surface area contributed by atoms with Gasteiger partial charge in [0, 0.05) is 29.8 Å². The number of aromatic amines is 1. The molecule has 0 atom stereocenters. The molecule has 0 saturated heterocycles. The lowest BCUT2D eigenvalue weighted by Gasteiger charge is -2.10. The average molecular weight is 326 g/mol. The molecule has 3 heterocycles. The second-order valence-corrected chi connectivity index (χ2v) is 5.75. The molecule has 0 aliphatic rings. The Labute approximate surface area is 143 Å². The van der Waals surface area contributed by atoms with Gasteiger partial charge in [0.2, 0.25) is 0 Å². The topological polar surface area (TPSA) is 70.9 Å². The van der Waals surface area contributed by atoms with Crippen LogP contribution in [0.15, 0.2) is 73.2 Å². The summed E-state index contributed by atoms with van der Waals surface area (Å²) in [4.78, 5) is 9.27. The summed E-state index contributed by atoms with van der Waals surface area (Å²) in [5.41, 5.74) is 5.68. The molecule has 5 aromatic rings. The molecule has 6 heteroatoms. The first-order chi connectivity index (χ1) is 12.4. The number of para-hydroxylation sites is 1. The summed E-state index contributed by atoms with van der Waals surface area (Å²) >= 11 is 0. The summed E-state index contributed by atoms with van der Waals surface area (Å²) in [7, 11) is 0. The van der Waals surface area contributed by atoms with E-state index in [-0.39, 0.29) is 0 Å². The van der Waals surface area contributed by atoms with Crippen molar-refractivity contribution in [2.24, 2.45) is 0 Å². The number of anilines is 2. The minimum atomic E-state index is 0.727. The lowest BCUT2D eigenvalue weighted by atomic mass is 10.1. The van der Waals surface area contributed by atoms with E-state index in [9.17, 15) is 0 Å². The normalized spacial score (nSPS) is 11.2. The molecule has 0 amide bonds. The molecule has 25 heavy (non-hydrogen) atoms. The van der Waals surface area contributed by atoms with Crippen molar-refractivity contribution in [2.45, 2.75) is 0 Å². The zero-order chi connectivity index (χ0) is 16.6. The Morgan fingerprint density at radius 1 is 0.960 bits per heavy atom. The van der Waals surface area contributed by atoms with Gasteiger partial charge >= 0.3 is 0 Å². The van der Waals surface area contributed by atoms with Gasteiger partial charge in [0.15, 0.2) is 11.5 Å². The number of hydrogen-bond acceptors (Lipinski definition) is 4. The predicted octanol–water partition coefficient (Wildman–Crippen LogP) is 4.02. The quantitative estimate of drug-likeness (QED) is 0.525. The van der Waals surface area contributed by atoms with Crippen molar-refractivity contribution in [2.75, 3.05) is 5.32 Å². The maximum absolute atomic E-state index is 4.81. The summed E-state index contributed by atoms with van der Waals surface area (Å²) in [6, 6.07) is 18.1. The fourth-order valence-electron chi connectivity index (χ4n) is 2.99. The largest absolute Gasteiger partial charge is 0.337 e. The molecule has 2 aromatic carbocycles. The maximum Gasteiger partial charge on any atom is 0.180 e. The number of nitrogens with zero attached hydrogens (tertiary/aromatic N) is 4. The molecule has 3 aromatic heterocycles. The number of hydrogen-bond donors (Lipinski definition) is 2. The van der Waals surface area contributed by atoms with E-state index in [0.717, 1.165) is 39.4 Å². The highest BCUT2D eigenvalue weighted by molar-refractivity contribution is 5.87. The number of imidazole rings is 1. The summed E-state index contributed by atoms with van der Waals surface area (Å²) < 4.78 is 2.05. The predicted molar refractivity (Wildman–Crippen MR) is 97.8 cm³/mol. The van der Waals surface area contributed by atoms with Crippen molar-refractivity contribution in [3.8, 4) is 11.3 Å². The van der Waals surface area contributed by atoms with Crippen LogP contribution in [0.3, 0.4) is 0 Å². The third-order valence-corrected chi connectivity index (χ3v) is 4.17. The number of H-pyrrole nitrogens is 1. The van der Waals surface area contributed by atoms with Crippen LogP contribution >= 0.6 is 0 Å². The van der Waals surface area contributed by atoms with Crippen molar-refractivity contribution in [3.05, 3.63) is 73.2 Å². The molecular weight excluding hydrogens is 312 g/mol. The molecule has 0 radical (unpaired) electrons. The Balaban J connectivity index is 1.71. The van der Waals surface area contributed by atoms with Crippen molar-refractivity contribution in [1.29, 1.82) is 0 Å². The van der Waals surface area contributed by atoms with Gasteiger partial charge in [-0.3, -0.25) is 9.50 Å². The lowest BCUT2D eigenvalue weighted by Crippen LogP contribution is -2.00. The number of nitrogens with one attached hydrogen (secondary N) is 2. The summed E-state index contributed by atoms with van der Waals surface area (Å²) in [6.45, 7) is 0. The molecule has 0 bridgehead atoms. The fraction of sp³-hybridized carbons (Fsp3) is 0. The van der Waals surface area contributed by atoms with Gasteiger partial charge in [-0.05, 0) is 30.3 Å². The molecule has 0 saturated carbocycles. The number of aromatic nitrogens is 5. The highest BCUT2D eigenvalue weighted by Gasteiger charge is 2.11. The van der Waals surface area contributed by atoms with Crippen LogP contribution in [0.4, 0.5) is 11.5 Å². The average Bonchev–Trinajstić information content (AvgIpc) is 3.34. The Morgan fingerprint density at radius 2 is 1.88 bits per heavy atom. The summed E-state index contributed by atoms with van der Waals surface area (Å²) in [6.07, 6.45) is 5.48. The van der Waals surface area contributed by atoms with E-state index in [1.54, 1.807) is 12.4 Å². The Kier molecular flexibility index (Phi) is 3.00. The molecule has 0 unspecified atom stereocenters. The van der Waals surface area contributed by atoms with Crippen LogP contribution in [0.25, 0.3) is 27.9 Å². The Bertz CT molecular complexity index is 1160. The van der Waals surface area contributed by atoms with Crippen molar-refractivity contribution in [3.63, 3.8) is 0 Å². The SMILES string of the molecule is c1ccc(Nc2nc3cc(-c4ccn[nH]4)ccc3n3ccnc23)cc1. The van der Waals surface area contributed by atoms with Gasteiger partial charge in [-0.25, -0.2) is 9.97 Å². The third kappa shape index (κ3) is 2.31. The third-order valence-electron chi connectivity index (χ3n) is 4.17. The molecule has 0 aliphatic carbocycles. The van der Waals surface area contributed by atoms with Crippen LogP contribution in [0.5, 0.6) is 0 Å². The maximum atomic E-state index is 4.81. The number of fused-ring (bicyclic) bond motifs is 3. The van der Waals surface area contributed by atoms with Gasteiger partial charge in [0.1, 0.15) is 0 Å². The van der Waals surface area contributed by atoms with Crippen LogP contribution in [0, 0.1) is 0 Å². The van der Waals surface area contributed by atoms with E-state index in [4.69, 9.17) is 4.98 Å². The summed E-state index contributed by atoms with van der Waals surface area (Å²) in [5.74, 6) is 0.727. The van der Waals surface area contributed by atoms with E-state index in [2.05, 4.69) is 38.7 Å². The fourth-order valence-corrected chi connectivity index (χ4v) is 2.99. The van der Waals surface area contributed by atoms with Gasteiger partial charge in [-0.15, -0.1) is 0 Å². The van der Waals surface area contributed by atoms with Crippen LogP contribution in [-0.2, 0) is 0 Å². The Morgan fingerprint density at radius 3 is 2.72 bits per heavy atom. The zero-order valence-corrected chi connectivity index (χ0v) is 13.2. The smallest absolute Gasteiger partial charge is 0.180 e. The first-order valence-electron chi connectivity index (χ1n) is 7.97. The van der Waals surface area contributed by atoms with Crippen molar-refractivity contribution < 1.29 is 0 Å². The van der Waals surface area contributed by atoms with Gasteiger partial charge in [0.25, 0.3) is 0 Å². The molecule has 6 nitrogen and oxygen atoms in total. The monoisotopic (exact) mass is 326 g/mol. The van der Waals surface area contributed by atoms with Gasteiger partial charge in [-0.2, -0.15) is 5.10 Å². The van der Waals surface area contributed by atoms with E-state index in [1.165, 1.54) is 0 Å². The van der Waals surface area contributed by atoms with Crippen LogP contribution < -0.4 is 5.32 Å². The minimum Gasteiger partial charge on any atom is -0.337 e. The highest BCUT2D eigenvalue weighted by atomic mass is 15.1. The van der Waals surface area contributed by atoms with E-state index < -0.39 is 0 Å². The highest BCUT2D eigenvalue weighted by Crippen LogP contribution is 2.26. The van der Waals surface area contributed by atoms with E-state index >= 15 is 0 Å². The second-order valence-electron chi connectivity index (χ2n) is 5.75. The molecule has 0 fully saturated rings. The van der Waals surface area contributed by atoms with Crippen LogP contribution in [0.1, 0.15) is 0 Å². The Hall–Kier alpha value is -3.67. The lowest BCUT2D eigenvalue weighted by molar-refractivity contribution is 1.09. The van der Waals surface area contributed by atoms with Crippen LogP contribution in [0.2, 0.25) is 0 Å². The van der Waals surface area contributed by atoms with Gasteiger partial charge in [0.05, 0.1) is 16.7 Å². The van der Waals surface area contributed by atoms with Gasteiger partial charge < -0.3 is 5.32 Å². The first kappa shape index (κ1) is 13.7. The second kappa shape index (κ2) is 5.45. The molecule has 0 aliphatic heterocycles. The van der Waals surface area contributed by atoms with Crippen molar-refractivity contribution >= 4 is 28.2 Å². The zero-order valence-electron chi connectivity index (χ0n) is 13.2. The molecule has 0 spiro atoms. The molecule has 5 rings (SSSR count). The molecule has 2 N–H and O–H groups in total. The minimum absolute atomic E-state index is 0.727. The standard InChI is InChI=1S/C19H14N6/c1-2-4-14(5-3-1)22-18-19-20-10-11-25(19)17-7-6-13(12-16(17)23-18)15-8-9-21-24-15/h1-12H,(H,21,24)(H,22,23). The molecule has 120 valence electrons. The van der Waals surface area contributed by atoms with Gasteiger partial charge in [-0.1, -0.05) is 24.3 Å². The molecular formula is C19H14N6. The first-order valence-corrected chi connectivity index (χ1v) is 7.97. The van der Waals surface area contributed by atoms with Crippen molar-refractivity contribution in [1.82, 2.24) is 24.6 Å². The van der Waals surface area contributed by atoms with E-state index in [1.807, 2.05) is 47.0 Å². The van der Waals surface area contributed by atoms with Crippen LogP contribution in [-0.4, -0.2) is 24.6 Å². The van der Waals surface area contributed by atoms with E-state index in [0.29, 0.717) is 0 Å². The number of benzene rings is 2.